The molecule has 1 saturated carbocycles. The second kappa shape index (κ2) is 6.56. The second-order valence-electron chi connectivity index (χ2n) is 6.71. The molecule has 2 heterocycles. The molecule has 1 aliphatic carbocycles. The van der Waals surface area contributed by atoms with Crippen molar-refractivity contribution in [3.8, 4) is 0 Å². The van der Waals surface area contributed by atoms with Gasteiger partial charge in [0.2, 0.25) is 5.91 Å². The fraction of sp³-hybridized carbons (Fsp3) is 0.588. The molecule has 1 atom stereocenters. The van der Waals surface area contributed by atoms with E-state index in [0.29, 0.717) is 30.4 Å². The van der Waals surface area contributed by atoms with Crippen LogP contribution in [-0.4, -0.2) is 52.8 Å². The van der Waals surface area contributed by atoms with E-state index in [1.165, 1.54) is 19.0 Å². The quantitative estimate of drug-likeness (QED) is 0.913. The van der Waals surface area contributed by atoms with Crippen molar-refractivity contribution in [3.05, 3.63) is 23.9 Å². The molecule has 6 heteroatoms. The summed E-state index contributed by atoms with van der Waals surface area (Å²) < 4.78 is 0. The molecule has 1 aromatic rings. The van der Waals surface area contributed by atoms with E-state index in [9.17, 15) is 9.59 Å². The Morgan fingerprint density at radius 3 is 2.78 bits per heavy atom. The summed E-state index contributed by atoms with van der Waals surface area (Å²) in [6.45, 7) is 1.37. The van der Waals surface area contributed by atoms with Gasteiger partial charge < -0.3 is 15.5 Å². The van der Waals surface area contributed by atoms with Gasteiger partial charge in [-0.1, -0.05) is 12.8 Å². The summed E-state index contributed by atoms with van der Waals surface area (Å²) in [6.07, 6.45) is 6.75. The third kappa shape index (κ3) is 3.46. The van der Waals surface area contributed by atoms with Crippen molar-refractivity contribution in [1.29, 1.82) is 0 Å². The number of rotatable bonds is 4. The number of nitrogens with two attached hydrogens (primary N) is 1. The molecular weight excluding hydrogens is 292 g/mol. The smallest absolute Gasteiger partial charge is 0.255 e. The van der Waals surface area contributed by atoms with E-state index in [2.05, 4.69) is 4.98 Å². The molecular formula is C17H24N4O2. The number of nitrogens with zero attached hydrogens (tertiary/aromatic N) is 3. The summed E-state index contributed by atoms with van der Waals surface area (Å²) in [5, 5.41) is 0. The molecule has 6 nitrogen and oxygen atoms in total. The van der Waals surface area contributed by atoms with Crippen LogP contribution in [0.15, 0.2) is 18.3 Å². The van der Waals surface area contributed by atoms with Crippen molar-refractivity contribution < 1.29 is 9.59 Å². The van der Waals surface area contributed by atoms with Crippen molar-refractivity contribution in [1.82, 2.24) is 14.8 Å². The predicted molar refractivity (Wildman–Crippen MR) is 87.7 cm³/mol. The van der Waals surface area contributed by atoms with Gasteiger partial charge in [0.1, 0.15) is 5.82 Å². The number of likely N-dealkylation sites (tertiary alicyclic amines) is 1. The van der Waals surface area contributed by atoms with Gasteiger partial charge in [0, 0.05) is 44.7 Å². The van der Waals surface area contributed by atoms with Gasteiger partial charge >= 0.3 is 0 Å². The molecule has 0 spiro atoms. The van der Waals surface area contributed by atoms with Crippen LogP contribution < -0.4 is 5.73 Å². The highest BCUT2D eigenvalue weighted by molar-refractivity contribution is 5.94. The summed E-state index contributed by atoms with van der Waals surface area (Å²) in [6, 6.07) is 3.74. The van der Waals surface area contributed by atoms with Crippen molar-refractivity contribution in [2.75, 3.05) is 25.9 Å². The Kier molecular flexibility index (Phi) is 4.50. The van der Waals surface area contributed by atoms with Gasteiger partial charge in [-0.15, -0.1) is 0 Å². The van der Waals surface area contributed by atoms with E-state index in [-0.39, 0.29) is 17.7 Å². The molecule has 1 saturated heterocycles. The van der Waals surface area contributed by atoms with Crippen molar-refractivity contribution in [2.45, 2.75) is 38.1 Å². The Hall–Kier alpha value is -2.11. The van der Waals surface area contributed by atoms with Gasteiger partial charge in [0.15, 0.2) is 0 Å². The third-order valence-corrected chi connectivity index (χ3v) is 4.92. The average molecular weight is 316 g/mol. The van der Waals surface area contributed by atoms with E-state index < -0.39 is 0 Å². The Labute approximate surface area is 136 Å². The zero-order chi connectivity index (χ0) is 16.4. The lowest BCUT2D eigenvalue weighted by Crippen LogP contribution is -2.36. The number of anilines is 1. The van der Waals surface area contributed by atoms with Crippen molar-refractivity contribution >= 4 is 17.6 Å². The lowest BCUT2D eigenvalue weighted by molar-refractivity contribution is -0.129. The molecule has 2 amide bonds. The van der Waals surface area contributed by atoms with Gasteiger partial charge in [0.25, 0.3) is 5.91 Å². The minimum Gasteiger partial charge on any atom is -0.384 e. The fourth-order valence-electron chi connectivity index (χ4n) is 3.72. The standard InChI is InChI=1S/C17H24N4O2/c1-20(17(23)13-6-7-15(18)19-9-13)10-12-8-16(22)21(11-12)14-4-2-3-5-14/h6-7,9,12,14H,2-5,8,10-11H2,1H3,(H2,18,19)/t12-/m1/s1. The predicted octanol–water partition coefficient (Wildman–Crippen LogP) is 1.53. The highest BCUT2D eigenvalue weighted by atomic mass is 16.2. The Morgan fingerprint density at radius 2 is 2.13 bits per heavy atom. The summed E-state index contributed by atoms with van der Waals surface area (Å²) >= 11 is 0. The van der Waals surface area contributed by atoms with E-state index in [0.717, 1.165) is 19.4 Å². The first kappa shape index (κ1) is 15.8. The van der Waals surface area contributed by atoms with Crippen LogP contribution in [0.2, 0.25) is 0 Å². The molecule has 1 aliphatic heterocycles. The summed E-state index contributed by atoms with van der Waals surface area (Å²) in [7, 11) is 1.78. The van der Waals surface area contributed by atoms with Crippen LogP contribution in [0, 0.1) is 5.92 Å². The van der Waals surface area contributed by atoms with E-state index in [1.807, 2.05) is 4.90 Å². The molecule has 2 aliphatic rings. The molecule has 0 radical (unpaired) electrons. The van der Waals surface area contributed by atoms with Crippen LogP contribution in [0.5, 0.6) is 0 Å². The Bertz CT molecular complexity index is 581. The monoisotopic (exact) mass is 316 g/mol. The third-order valence-electron chi connectivity index (χ3n) is 4.92. The summed E-state index contributed by atoms with van der Waals surface area (Å²) in [4.78, 5) is 32.3. The highest BCUT2D eigenvalue weighted by Gasteiger charge is 2.36. The lowest BCUT2D eigenvalue weighted by Gasteiger charge is -2.25. The zero-order valence-corrected chi connectivity index (χ0v) is 13.6. The maximum Gasteiger partial charge on any atom is 0.255 e. The topological polar surface area (TPSA) is 79.5 Å². The molecule has 124 valence electrons. The maximum absolute atomic E-state index is 12.4. The van der Waals surface area contributed by atoms with E-state index >= 15 is 0 Å². The van der Waals surface area contributed by atoms with Crippen LogP contribution >= 0.6 is 0 Å². The molecule has 2 N–H and O–H groups in total. The SMILES string of the molecule is CN(C[C@H]1CC(=O)N(C2CCCC2)C1)C(=O)c1ccc(N)nc1. The van der Waals surface area contributed by atoms with Crippen LogP contribution in [0.1, 0.15) is 42.5 Å². The van der Waals surface area contributed by atoms with E-state index in [4.69, 9.17) is 5.73 Å². The Morgan fingerprint density at radius 1 is 1.39 bits per heavy atom. The highest BCUT2D eigenvalue weighted by Crippen LogP contribution is 2.29. The molecule has 0 bridgehead atoms. The number of aromatic nitrogens is 1. The van der Waals surface area contributed by atoms with Crippen LogP contribution in [0.3, 0.4) is 0 Å². The van der Waals surface area contributed by atoms with Gasteiger partial charge in [-0.3, -0.25) is 9.59 Å². The van der Waals surface area contributed by atoms with Crippen molar-refractivity contribution in [3.63, 3.8) is 0 Å². The van der Waals surface area contributed by atoms with Crippen molar-refractivity contribution in [2.24, 2.45) is 5.92 Å². The van der Waals surface area contributed by atoms with Gasteiger partial charge in [-0.2, -0.15) is 0 Å². The first-order valence-electron chi connectivity index (χ1n) is 8.31. The van der Waals surface area contributed by atoms with Gasteiger partial charge in [0.05, 0.1) is 5.56 Å². The van der Waals surface area contributed by atoms with Gasteiger partial charge in [-0.25, -0.2) is 4.98 Å². The number of carbonyl (C=O) groups excluding carboxylic acids is 2. The first-order chi connectivity index (χ1) is 11.0. The number of carbonyl (C=O) groups is 2. The Balaban J connectivity index is 1.57. The largest absolute Gasteiger partial charge is 0.384 e. The number of hydrogen-bond acceptors (Lipinski definition) is 4. The first-order valence-corrected chi connectivity index (χ1v) is 8.31. The number of amides is 2. The number of nitrogen functional groups attached to an aromatic ring is 1. The van der Waals surface area contributed by atoms with E-state index in [1.54, 1.807) is 24.1 Å². The summed E-state index contributed by atoms with van der Waals surface area (Å²) in [5.74, 6) is 0.790. The number of hydrogen-bond donors (Lipinski definition) is 1. The minimum atomic E-state index is -0.0794. The molecule has 0 unspecified atom stereocenters. The van der Waals surface area contributed by atoms with Crippen LogP contribution in [0.4, 0.5) is 5.82 Å². The van der Waals surface area contributed by atoms with Crippen LogP contribution in [0.25, 0.3) is 0 Å². The summed E-state index contributed by atoms with van der Waals surface area (Å²) in [5.41, 5.74) is 6.07. The van der Waals surface area contributed by atoms with Gasteiger partial charge in [-0.05, 0) is 25.0 Å². The second-order valence-corrected chi connectivity index (χ2v) is 6.71. The zero-order valence-electron chi connectivity index (χ0n) is 13.6. The molecule has 0 aromatic carbocycles. The molecule has 2 fully saturated rings. The molecule has 23 heavy (non-hydrogen) atoms. The molecule has 1 aromatic heterocycles. The average Bonchev–Trinajstić information content (AvgIpc) is 3.16. The minimum absolute atomic E-state index is 0.0794. The lowest BCUT2D eigenvalue weighted by atomic mass is 10.1. The van der Waals surface area contributed by atoms with Crippen LogP contribution in [-0.2, 0) is 4.79 Å². The molecule has 3 rings (SSSR count). The normalized spacial score (nSPS) is 21.9. The number of pyridine rings is 1. The maximum atomic E-state index is 12.4. The fourth-order valence-corrected chi connectivity index (χ4v) is 3.72.